The first-order valence-corrected chi connectivity index (χ1v) is 5.97. The van der Waals surface area contributed by atoms with Crippen molar-refractivity contribution in [1.29, 1.82) is 0 Å². The Morgan fingerprint density at radius 2 is 2.57 bits per heavy atom. The molecule has 14 heavy (non-hydrogen) atoms. The van der Waals surface area contributed by atoms with Crippen LogP contribution in [0.25, 0.3) is 0 Å². The lowest BCUT2D eigenvalue weighted by molar-refractivity contribution is 0.387. The van der Waals surface area contributed by atoms with Crippen LogP contribution in [0.2, 0.25) is 0 Å². The van der Waals surface area contributed by atoms with Crippen LogP contribution in [0.3, 0.4) is 0 Å². The van der Waals surface area contributed by atoms with Gasteiger partial charge in [0.2, 0.25) is 0 Å². The van der Waals surface area contributed by atoms with Crippen molar-refractivity contribution in [2.45, 2.75) is 25.4 Å². The molecule has 1 aliphatic rings. The number of nitrogens with one attached hydrogen (secondary N) is 1. The number of rotatable bonds is 3. The third-order valence-electron chi connectivity index (χ3n) is 2.70. The lowest BCUT2D eigenvalue weighted by Gasteiger charge is -2.17. The fraction of sp³-hybridized carbons (Fsp3) is 0.700. The zero-order valence-corrected chi connectivity index (χ0v) is 9.55. The Labute approximate surface area is 89.1 Å². The van der Waals surface area contributed by atoms with Gasteiger partial charge in [0.15, 0.2) is 0 Å². The highest BCUT2D eigenvalue weighted by Crippen LogP contribution is 2.17. The second-order valence-electron chi connectivity index (χ2n) is 4.01. The topological polar surface area (TPSA) is 28.2 Å². The van der Waals surface area contributed by atoms with Crippen LogP contribution in [-0.4, -0.2) is 36.1 Å². The van der Waals surface area contributed by atoms with Crippen molar-refractivity contribution in [3.05, 3.63) is 16.6 Å². The molecule has 0 saturated carbocycles. The van der Waals surface area contributed by atoms with E-state index in [1.54, 1.807) is 11.3 Å². The van der Waals surface area contributed by atoms with Crippen LogP contribution in [-0.2, 0) is 0 Å². The van der Waals surface area contributed by atoms with Crippen LogP contribution in [0.1, 0.15) is 24.4 Å². The largest absolute Gasteiger partial charge is 0.305 e. The van der Waals surface area contributed by atoms with E-state index in [4.69, 9.17) is 0 Å². The van der Waals surface area contributed by atoms with Crippen LogP contribution >= 0.6 is 11.3 Å². The molecule has 1 aromatic heterocycles. The molecule has 1 saturated heterocycles. The molecule has 3 nitrogen and oxygen atoms in total. The Morgan fingerprint density at radius 1 is 1.71 bits per heavy atom. The predicted octanol–water partition coefficient (Wildman–Crippen LogP) is 1.50. The number of nitrogens with zero attached hydrogens (tertiary/aromatic N) is 2. The molecule has 0 spiro atoms. The molecule has 0 bridgehead atoms. The van der Waals surface area contributed by atoms with Crippen LogP contribution in [0.15, 0.2) is 11.6 Å². The molecule has 1 aromatic rings. The highest BCUT2D eigenvalue weighted by Gasteiger charge is 2.21. The Balaban J connectivity index is 1.86. The minimum absolute atomic E-state index is 0.395. The monoisotopic (exact) mass is 211 g/mol. The summed E-state index contributed by atoms with van der Waals surface area (Å²) in [5.41, 5.74) is 0. The number of hydrogen-bond acceptors (Lipinski definition) is 4. The molecule has 2 unspecified atom stereocenters. The average Bonchev–Trinajstić information content (AvgIpc) is 2.75. The van der Waals surface area contributed by atoms with Crippen molar-refractivity contribution in [3.8, 4) is 0 Å². The zero-order chi connectivity index (χ0) is 9.97. The summed E-state index contributed by atoms with van der Waals surface area (Å²) in [6.45, 7) is 4.56. The van der Waals surface area contributed by atoms with E-state index in [-0.39, 0.29) is 0 Å². The summed E-state index contributed by atoms with van der Waals surface area (Å²) in [7, 11) is 2.18. The van der Waals surface area contributed by atoms with E-state index in [0.29, 0.717) is 12.1 Å². The highest BCUT2D eigenvalue weighted by molar-refractivity contribution is 7.09. The standard InChI is InChI=1S/C10H17N3S/c1-8(10-11-4-6-14-10)12-9-3-5-13(2)7-9/h4,6,8-9,12H,3,5,7H2,1-2H3. The summed E-state index contributed by atoms with van der Waals surface area (Å²) >= 11 is 1.73. The van der Waals surface area contributed by atoms with Gasteiger partial charge in [-0.2, -0.15) is 0 Å². The molecular formula is C10H17N3S. The third kappa shape index (κ3) is 2.32. The van der Waals surface area contributed by atoms with Gasteiger partial charge in [0.25, 0.3) is 0 Å². The van der Waals surface area contributed by atoms with Crippen molar-refractivity contribution in [3.63, 3.8) is 0 Å². The van der Waals surface area contributed by atoms with E-state index in [1.165, 1.54) is 18.0 Å². The van der Waals surface area contributed by atoms with Gasteiger partial charge in [-0.25, -0.2) is 4.98 Å². The van der Waals surface area contributed by atoms with Crippen LogP contribution < -0.4 is 5.32 Å². The molecule has 4 heteroatoms. The molecule has 1 aliphatic heterocycles. The van der Waals surface area contributed by atoms with Gasteiger partial charge in [-0.3, -0.25) is 0 Å². The Bertz CT molecular complexity index is 273. The molecule has 2 atom stereocenters. The first kappa shape index (κ1) is 10.1. The minimum Gasteiger partial charge on any atom is -0.305 e. The van der Waals surface area contributed by atoms with Crippen molar-refractivity contribution in [1.82, 2.24) is 15.2 Å². The molecule has 2 heterocycles. The predicted molar refractivity (Wildman–Crippen MR) is 59.6 cm³/mol. The Hall–Kier alpha value is -0.450. The fourth-order valence-electron chi connectivity index (χ4n) is 1.94. The SMILES string of the molecule is CC(NC1CCN(C)C1)c1nccs1. The fourth-order valence-corrected chi connectivity index (χ4v) is 2.60. The van der Waals surface area contributed by atoms with Gasteiger partial charge < -0.3 is 10.2 Å². The van der Waals surface area contributed by atoms with E-state index in [2.05, 4.69) is 29.2 Å². The number of aromatic nitrogens is 1. The van der Waals surface area contributed by atoms with Crippen molar-refractivity contribution >= 4 is 11.3 Å². The van der Waals surface area contributed by atoms with Crippen LogP contribution in [0, 0.1) is 0 Å². The first-order valence-electron chi connectivity index (χ1n) is 5.09. The van der Waals surface area contributed by atoms with E-state index in [0.717, 1.165) is 6.54 Å². The summed E-state index contributed by atoms with van der Waals surface area (Å²) in [4.78, 5) is 6.69. The summed E-state index contributed by atoms with van der Waals surface area (Å²) in [6, 6.07) is 1.03. The van der Waals surface area contributed by atoms with Gasteiger partial charge in [0.1, 0.15) is 5.01 Å². The minimum atomic E-state index is 0.395. The van der Waals surface area contributed by atoms with Gasteiger partial charge in [-0.05, 0) is 26.9 Å². The van der Waals surface area contributed by atoms with Gasteiger partial charge >= 0.3 is 0 Å². The van der Waals surface area contributed by atoms with Crippen molar-refractivity contribution < 1.29 is 0 Å². The van der Waals surface area contributed by atoms with Gasteiger partial charge in [0, 0.05) is 24.2 Å². The number of hydrogen-bond donors (Lipinski definition) is 1. The third-order valence-corrected chi connectivity index (χ3v) is 3.66. The molecule has 2 rings (SSSR count). The maximum atomic E-state index is 4.32. The second-order valence-corrected chi connectivity index (χ2v) is 4.93. The lowest BCUT2D eigenvalue weighted by Crippen LogP contribution is -2.33. The van der Waals surface area contributed by atoms with E-state index >= 15 is 0 Å². The molecule has 78 valence electrons. The molecule has 1 N–H and O–H groups in total. The normalized spacial score (nSPS) is 25.4. The molecule has 0 aliphatic carbocycles. The van der Waals surface area contributed by atoms with Gasteiger partial charge in [0.05, 0.1) is 6.04 Å². The summed E-state index contributed by atoms with van der Waals surface area (Å²) in [5, 5.41) is 6.85. The van der Waals surface area contributed by atoms with E-state index in [1.807, 2.05) is 11.6 Å². The van der Waals surface area contributed by atoms with Crippen LogP contribution in [0.4, 0.5) is 0 Å². The lowest BCUT2D eigenvalue weighted by atomic mass is 10.2. The Morgan fingerprint density at radius 3 is 3.14 bits per heavy atom. The maximum absolute atomic E-state index is 4.32. The first-order chi connectivity index (χ1) is 6.75. The quantitative estimate of drug-likeness (QED) is 0.821. The summed E-state index contributed by atoms with van der Waals surface area (Å²) in [5.74, 6) is 0. The van der Waals surface area contributed by atoms with Crippen LogP contribution in [0.5, 0.6) is 0 Å². The van der Waals surface area contributed by atoms with Crippen molar-refractivity contribution in [2.75, 3.05) is 20.1 Å². The molecule has 1 fully saturated rings. The van der Waals surface area contributed by atoms with E-state index < -0.39 is 0 Å². The second kappa shape index (κ2) is 4.38. The Kier molecular flexibility index (Phi) is 3.15. The average molecular weight is 211 g/mol. The zero-order valence-electron chi connectivity index (χ0n) is 8.73. The summed E-state index contributed by atoms with van der Waals surface area (Å²) in [6.07, 6.45) is 3.13. The van der Waals surface area contributed by atoms with Gasteiger partial charge in [-0.1, -0.05) is 0 Å². The van der Waals surface area contributed by atoms with Crippen molar-refractivity contribution in [2.24, 2.45) is 0 Å². The molecule has 0 radical (unpaired) electrons. The smallest absolute Gasteiger partial charge is 0.109 e. The summed E-state index contributed by atoms with van der Waals surface area (Å²) < 4.78 is 0. The highest BCUT2D eigenvalue weighted by atomic mass is 32.1. The number of likely N-dealkylation sites (N-methyl/N-ethyl adjacent to an activating group) is 1. The molecular weight excluding hydrogens is 194 g/mol. The van der Waals surface area contributed by atoms with E-state index in [9.17, 15) is 0 Å². The number of thiazole rings is 1. The molecule has 0 amide bonds. The van der Waals surface area contributed by atoms with Gasteiger partial charge in [-0.15, -0.1) is 11.3 Å². The number of likely N-dealkylation sites (tertiary alicyclic amines) is 1. The molecule has 0 aromatic carbocycles. The maximum Gasteiger partial charge on any atom is 0.109 e.